The Bertz CT molecular complexity index is 356. The Kier molecular flexibility index (Phi) is 3.24. The van der Waals surface area contributed by atoms with Crippen molar-refractivity contribution in [1.82, 2.24) is 15.5 Å². The van der Waals surface area contributed by atoms with Crippen LogP contribution >= 0.6 is 0 Å². The lowest BCUT2D eigenvalue weighted by Crippen LogP contribution is -2.26. The molecule has 0 amide bonds. The summed E-state index contributed by atoms with van der Waals surface area (Å²) in [5.74, 6) is 0.678. The first-order valence-electron chi connectivity index (χ1n) is 6.30. The van der Waals surface area contributed by atoms with Crippen molar-refractivity contribution >= 4 is 6.01 Å². The molecule has 1 aromatic rings. The zero-order chi connectivity index (χ0) is 11.5. The maximum atomic E-state index is 5.64. The number of aromatic nitrogens is 2. The van der Waals surface area contributed by atoms with E-state index in [0.29, 0.717) is 24.5 Å². The van der Waals surface area contributed by atoms with E-state index < -0.39 is 0 Å². The molecule has 94 valence electrons. The van der Waals surface area contributed by atoms with Gasteiger partial charge in [0.1, 0.15) is 0 Å². The van der Waals surface area contributed by atoms with E-state index in [4.69, 9.17) is 9.15 Å². The maximum Gasteiger partial charge on any atom is 0.318 e. The minimum absolute atomic E-state index is 0.628. The summed E-state index contributed by atoms with van der Waals surface area (Å²) in [5, 5.41) is 11.5. The highest BCUT2D eigenvalue weighted by atomic mass is 16.5. The van der Waals surface area contributed by atoms with Gasteiger partial charge < -0.3 is 19.4 Å². The summed E-state index contributed by atoms with van der Waals surface area (Å²) in [4.78, 5) is 2.10. The second kappa shape index (κ2) is 5.01. The zero-order valence-electron chi connectivity index (χ0n) is 9.89. The second-order valence-corrected chi connectivity index (χ2v) is 4.59. The molecule has 1 saturated heterocycles. The first-order valence-corrected chi connectivity index (χ1v) is 6.30. The Labute approximate surface area is 100 Å². The van der Waals surface area contributed by atoms with Gasteiger partial charge >= 0.3 is 6.01 Å². The fourth-order valence-corrected chi connectivity index (χ4v) is 1.90. The van der Waals surface area contributed by atoms with Crippen molar-refractivity contribution in [2.75, 3.05) is 31.2 Å². The van der Waals surface area contributed by atoms with Gasteiger partial charge in [-0.1, -0.05) is 5.10 Å². The van der Waals surface area contributed by atoms with Crippen molar-refractivity contribution in [3.63, 3.8) is 0 Å². The highest BCUT2D eigenvalue weighted by molar-refractivity contribution is 5.23. The van der Waals surface area contributed by atoms with Crippen LogP contribution in [-0.4, -0.2) is 42.5 Å². The van der Waals surface area contributed by atoms with Crippen LogP contribution in [-0.2, 0) is 11.3 Å². The average molecular weight is 238 g/mol. The predicted molar refractivity (Wildman–Crippen MR) is 61.8 cm³/mol. The standard InChI is InChI=1S/C11H18N4O2/c1-4-15(5-7-16-6-1)11-14-13-10(17-11)8-12-9-2-3-9/h9,12H,1-8H2. The van der Waals surface area contributed by atoms with Crippen LogP contribution in [0.4, 0.5) is 6.01 Å². The minimum atomic E-state index is 0.628. The molecule has 1 saturated carbocycles. The summed E-state index contributed by atoms with van der Waals surface area (Å²) >= 11 is 0. The SMILES string of the molecule is C1COCCN(c2nnc(CNC3CC3)o2)C1. The Morgan fingerprint density at radius 2 is 2.18 bits per heavy atom. The van der Waals surface area contributed by atoms with Crippen LogP contribution in [0, 0.1) is 0 Å². The molecule has 1 aliphatic carbocycles. The van der Waals surface area contributed by atoms with Crippen molar-refractivity contribution in [2.24, 2.45) is 0 Å². The molecule has 2 aliphatic rings. The molecule has 0 unspecified atom stereocenters. The Balaban J connectivity index is 1.57. The van der Waals surface area contributed by atoms with Crippen LogP contribution in [0.2, 0.25) is 0 Å². The van der Waals surface area contributed by atoms with E-state index >= 15 is 0 Å². The van der Waals surface area contributed by atoms with Crippen molar-refractivity contribution in [3.05, 3.63) is 5.89 Å². The summed E-state index contributed by atoms with van der Waals surface area (Å²) in [6, 6.07) is 1.29. The molecule has 0 radical (unpaired) electrons. The molecular formula is C11H18N4O2. The van der Waals surface area contributed by atoms with Gasteiger partial charge in [0.2, 0.25) is 5.89 Å². The van der Waals surface area contributed by atoms with Gasteiger partial charge in [-0.2, -0.15) is 0 Å². The Hall–Kier alpha value is -1.14. The van der Waals surface area contributed by atoms with Gasteiger partial charge in [0.25, 0.3) is 0 Å². The number of nitrogens with one attached hydrogen (secondary N) is 1. The third-order valence-electron chi connectivity index (χ3n) is 3.07. The smallest absolute Gasteiger partial charge is 0.318 e. The highest BCUT2D eigenvalue weighted by Crippen LogP contribution is 2.20. The number of rotatable bonds is 4. The van der Waals surface area contributed by atoms with Crippen LogP contribution < -0.4 is 10.2 Å². The van der Waals surface area contributed by atoms with E-state index in [1.807, 2.05) is 0 Å². The molecule has 1 N–H and O–H groups in total. The molecule has 2 heterocycles. The lowest BCUT2D eigenvalue weighted by Gasteiger charge is -2.15. The molecule has 0 spiro atoms. The number of hydrogen-bond acceptors (Lipinski definition) is 6. The monoisotopic (exact) mass is 238 g/mol. The van der Waals surface area contributed by atoms with E-state index in [-0.39, 0.29) is 0 Å². The molecule has 0 aromatic carbocycles. The fourth-order valence-electron chi connectivity index (χ4n) is 1.90. The predicted octanol–water partition coefficient (Wildman–Crippen LogP) is 0.548. The number of nitrogens with zero attached hydrogens (tertiary/aromatic N) is 3. The summed E-state index contributed by atoms with van der Waals surface area (Å²) in [7, 11) is 0. The van der Waals surface area contributed by atoms with Crippen LogP contribution in [0.1, 0.15) is 25.2 Å². The summed E-state index contributed by atoms with van der Waals surface area (Å²) in [6.45, 7) is 4.00. The summed E-state index contributed by atoms with van der Waals surface area (Å²) in [6.07, 6.45) is 3.55. The molecule has 6 nitrogen and oxygen atoms in total. The lowest BCUT2D eigenvalue weighted by molar-refractivity contribution is 0.152. The summed E-state index contributed by atoms with van der Waals surface area (Å²) < 4.78 is 11.0. The second-order valence-electron chi connectivity index (χ2n) is 4.59. The Morgan fingerprint density at radius 3 is 3.06 bits per heavy atom. The zero-order valence-corrected chi connectivity index (χ0v) is 9.89. The maximum absolute atomic E-state index is 5.64. The van der Waals surface area contributed by atoms with Gasteiger partial charge in [-0.05, 0) is 19.3 Å². The van der Waals surface area contributed by atoms with E-state index in [1.165, 1.54) is 12.8 Å². The van der Waals surface area contributed by atoms with Gasteiger partial charge in [-0.15, -0.1) is 5.10 Å². The molecule has 3 rings (SSSR count). The van der Waals surface area contributed by atoms with E-state index in [0.717, 1.165) is 32.7 Å². The van der Waals surface area contributed by atoms with Gasteiger partial charge in [0.15, 0.2) is 0 Å². The molecule has 17 heavy (non-hydrogen) atoms. The first-order chi connectivity index (χ1) is 8.42. The molecule has 0 atom stereocenters. The quantitative estimate of drug-likeness (QED) is 0.826. The van der Waals surface area contributed by atoms with Gasteiger partial charge in [-0.3, -0.25) is 0 Å². The largest absolute Gasteiger partial charge is 0.407 e. The third kappa shape index (κ3) is 2.95. The van der Waals surface area contributed by atoms with E-state index in [1.54, 1.807) is 0 Å². The van der Waals surface area contributed by atoms with Gasteiger partial charge in [0.05, 0.1) is 13.2 Å². The average Bonchev–Trinajstić information content (AvgIpc) is 3.12. The summed E-state index contributed by atoms with van der Waals surface area (Å²) in [5.41, 5.74) is 0. The molecule has 6 heteroatoms. The van der Waals surface area contributed by atoms with Crippen molar-refractivity contribution in [2.45, 2.75) is 31.8 Å². The Morgan fingerprint density at radius 1 is 1.24 bits per heavy atom. The number of ether oxygens (including phenoxy) is 1. The van der Waals surface area contributed by atoms with Crippen molar-refractivity contribution in [3.8, 4) is 0 Å². The van der Waals surface area contributed by atoms with Crippen LogP contribution in [0.25, 0.3) is 0 Å². The molecule has 1 aromatic heterocycles. The number of anilines is 1. The molecular weight excluding hydrogens is 220 g/mol. The van der Waals surface area contributed by atoms with Crippen LogP contribution in [0.15, 0.2) is 4.42 Å². The van der Waals surface area contributed by atoms with Gasteiger partial charge in [-0.25, -0.2) is 0 Å². The highest BCUT2D eigenvalue weighted by Gasteiger charge is 2.22. The molecule has 2 fully saturated rings. The van der Waals surface area contributed by atoms with Crippen LogP contribution in [0.5, 0.6) is 0 Å². The molecule has 0 bridgehead atoms. The van der Waals surface area contributed by atoms with Crippen molar-refractivity contribution < 1.29 is 9.15 Å². The van der Waals surface area contributed by atoms with E-state index in [2.05, 4.69) is 20.4 Å². The normalized spacial score (nSPS) is 21.5. The third-order valence-corrected chi connectivity index (χ3v) is 3.07. The molecule has 1 aliphatic heterocycles. The van der Waals surface area contributed by atoms with Crippen LogP contribution in [0.3, 0.4) is 0 Å². The first kappa shape index (κ1) is 11.0. The van der Waals surface area contributed by atoms with E-state index in [9.17, 15) is 0 Å². The topological polar surface area (TPSA) is 63.4 Å². The lowest BCUT2D eigenvalue weighted by atomic mass is 10.4. The number of hydrogen-bond donors (Lipinski definition) is 1. The minimum Gasteiger partial charge on any atom is -0.407 e. The van der Waals surface area contributed by atoms with Crippen molar-refractivity contribution in [1.29, 1.82) is 0 Å². The van der Waals surface area contributed by atoms with Gasteiger partial charge in [0, 0.05) is 25.7 Å². The fraction of sp³-hybridized carbons (Fsp3) is 0.818.